The smallest absolute Gasteiger partial charge is 0.294 e. The first-order valence-corrected chi connectivity index (χ1v) is 10.9. The summed E-state index contributed by atoms with van der Waals surface area (Å²) in [4.78, 5) is 26.3. The molecule has 156 valence electrons. The Labute approximate surface area is 178 Å². The molecular weight excluding hydrogens is 398 g/mol. The van der Waals surface area contributed by atoms with Gasteiger partial charge in [-0.05, 0) is 49.4 Å². The molecule has 8 nitrogen and oxygen atoms in total. The maximum atomic E-state index is 12.8. The second-order valence-electron chi connectivity index (χ2n) is 7.50. The molecule has 1 aliphatic rings. The Morgan fingerprint density at radius 1 is 1.20 bits per heavy atom. The van der Waals surface area contributed by atoms with E-state index in [4.69, 9.17) is 11.5 Å². The van der Waals surface area contributed by atoms with Crippen molar-refractivity contribution in [1.29, 1.82) is 0 Å². The summed E-state index contributed by atoms with van der Waals surface area (Å²) in [6.07, 6.45) is 4.00. The fourth-order valence-electron chi connectivity index (χ4n) is 3.77. The van der Waals surface area contributed by atoms with Gasteiger partial charge in [-0.1, -0.05) is 24.5 Å². The summed E-state index contributed by atoms with van der Waals surface area (Å²) in [7, 11) is 0. The number of benzene rings is 1. The highest BCUT2D eigenvalue weighted by molar-refractivity contribution is 7.14. The highest BCUT2D eigenvalue weighted by Gasteiger charge is 2.26. The van der Waals surface area contributed by atoms with E-state index in [1.165, 1.54) is 11.3 Å². The number of fused-ring (bicyclic) bond motifs is 1. The number of aromatic nitrogens is 2. The summed E-state index contributed by atoms with van der Waals surface area (Å²) in [6.45, 7) is 2.02. The standard InChI is InChI=1S/C21H25N7OS/c1-12-8-9-14-13(11-12)18(25-15-5-2-3-6-16(15)26-21(22)23)28-19(24-14)20(29)27-17-7-4-10-30-17/h4,7-11,15-16H,2-3,5-6H2,1H3,(H,27,29)(H4,22,23,26)(H,24,25,28)/t15-,16+/m0/s1. The molecule has 0 aliphatic heterocycles. The summed E-state index contributed by atoms with van der Waals surface area (Å²) in [5, 5.41) is 9.89. The van der Waals surface area contributed by atoms with Crippen molar-refractivity contribution in [2.24, 2.45) is 16.5 Å². The molecule has 0 spiro atoms. The van der Waals surface area contributed by atoms with Gasteiger partial charge in [-0.15, -0.1) is 11.3 Å². The van der Waals surface area contributed by atoms with Crippen LogP contribution in [0.2, 0.25) is 0 Å². The number of hydrogen-bond donors (Lipinski definition) is 4. The van der Waals surface area contributed by atoms with E-state index in [1.54, 1.807) is 0 Å². The Morgan fingerprint density at radius 3 is 2.80 bits per heavy atom. The first-order valence-electron chi connectivity index (χ1n) is 9.98. The molecule has 1 saturated carbocycles. The van der Waals surface area contributed by atoms with Gasteiger partial charge in [0, 0.05) is 5.39 Å². The molecule has 0 unspecified atom stereocenters. The van der Waals surface area contributed by atoms with Crippen molar-refractivity contribution >= 4 is 44.9 Å². The first-order chi connectivity index (χ1) is 14.5. The monoisotopic (exact) mass is 423 g/mol. The van der Waals surface area contributed by atoms with Crippen LogP contribution >= 0.6 is 11.3 Å². The number of aliphatic imine (C=N–C) groups is 1. The lowest BCUT2D eigenvalue weighted by Gasteiger charge is -2.30. The van der Waals surface area contributed by atoms with Crippen molar-refractivity contribution in [3.05, 3.63) is 47.1 Å². The van der Waals surface area contributed by atoms with Gasteiger partial charge in [0.25, 0.3) is 5.91 Å². The topological polar surface area (TPSA) is 131 Å². The predicted octanol–water partition coefficient (Wildman–Crippen LogP) is 3.25. The van der Waals surface area contributed by atoms with Gasteiger partial charge in [0.1, 0.15) is 5.82 Å². The van der Waals surface area contributed by atoms with E-state index in [9.17, 15) is 4.79 Å². The molecule has 9 heteroatoms. The lowest BCUT2D eigenvalue weighted by atomic mass is 9.90. The number of anilines is 2. The van der Waals surface area contributed by atoms with Crippen molar-refractivity contribution < 1.29 is 4.79 Å². The van der Waals surface area contributed by atoms with Crippen molar-refractivity contribution in [2.75, 3.05) is 10.6 Å². The maximum absolute atomic E-state index is 12.8. The van der Waals surface area contributed by atoms with Crippen molar-refractivity contribution in [3.63, 3.8) is 0 Å². The SMILES string of the molecule is Cc1ccc2nc(C(=O)Nc3cccs3)nc(N[C@H]3CCCC[C@H]3N=C(N)N)c2c1. The third-order valence-electron chi connectivity index (χ3n) is 5.18. The van der Waals surface area contributed by atoms with Crippen LogP contribution < -0.4 is 22.1 Å². The molecule has 3 aromatic rings. The van der Waals surface area contributed by atoms with Crippen LogP contribution in [0.3, 0.4) is 0 Å². The Kier molecular flexibility index (Phi) is 5.80. The Balaban J connectivity index is 1.70. The number of amides is 1. The fraction of sp³-hybridized carbons (Fsp3) is 0.333. The third-order valence-corrected chi connectivity index (χ3v) is 5.96. The summed E-state index contributed by atoms with van der Waals surface area (Å²) in [6, 6.07) is 9.64. The minimum atomic E-state index is -0.340. The molecule has 2 aromatic heterocycles. The number of guanidine groups is 1. The van der Waals surface area contributed by atoms with Gasteiger partial charge in [0.15, 0.2) is 5.96 Å². The van der Waals surface area contributed by atoms with Gasteiger partial charge in [-0.2, -0.15) is 0 Å². The fourth-order valence-corrected chi connectivity index (χ4v) is 4.39. The van der Waals surface area contributed by atoms with Crippen LogP contribution in [0, 0.1) is 6.92 Å². The average molecular weight is 424 g/mol. The Bertz CT molecular complexity index is 1080. The van der Waals surface area contributed by atoms with E-state index in [-0.39, 0.29) is 29.8 Å². The maximum Gasteiger partial charge on any atom is 0.294 e. The van der Waals surface area contributed by atoms with Crippen molar-refractivity contribution in [3.8, 4) is 0 Å². The largest absolute Gasteiger partial charge is 0.370 e. The number of thiophene rings is 1. The molecular formula is C21H25N7OS. The number of carbonyl (C=O) groups excluding carboxylic acids is 1. The average Bonchev–Trinajstić information content (AvgIpc) is 3.22. The van der Waals surface area contributed by atoms with Gasteiger partial charge >= 0.3 is 0 Å². The first kappa shape index (κ1) is 20.1. The van der Waals surface area contributed by atoms with Gasteiger partial charge in [-0.3, -0.25) is 4.79 Å². The van der Waals surface area contributed by atoms with E-state index >= 15 is 0 Å². The molecule has 0 saturated heterocycles. The number of hydrogen-bond acceptors (Lipinski definition) is 6. The quantitative estimate of drug-likeness (QED) is 0.368. The summed E-state index contributed by atoms with van der Waals surface area (Å²) in [5.74, 6) is 0.500. The molecule has 1 fully saturated rings. The van der Waals surface area contributed by atoms with Crippen LogP contribution in [-0.4, -0.2) is 33.9 Å². The van der Waals surface area contributed by atoms with Crippen LogP contribution in [-0.2, 0) is 0 Å². The van der Waals surface area contributed by atoms with Gasteiger partial charge in [-0.25, -0.2) is 15.0 Å². The lowest BCUT2D eigenvalue weighted by molar-refractivity contribution is 0.101. The normalized spacial score (nSPS) is 18.7. The highest BCUT2D eigenvalue weighted by atomic mass is 32.1. The number of nitrogens with one attached hydrogen (secondary N) is 2. The molecule has 4 rings (SSSR count). The summed E-state index contributed by atoms with van der Waals surface area (Å²) < 4.78 is 0. The zero-order valence-corrected chi connectivity index (χ0v) is 17.6. The van der Waals surface area contributed by atoms with Gasteiger partial charge in [0.05, 0.1) is 22.6 Å². The zero-order chi connectivity index (χ0) is 21.1. The Morgan fingerprint density at radius 2 is 2.03 bits per heavy atom. The van der Waals surface area contributed by atoms with E-state index in [2.05, 4.69) is 25.6 Å². The minimum absolute atomic E-state index is 0.0260. The van der Waals surface area contributed by atoms with E-state index < -0.39 is 0 Å². The van der Waals surface area contributed by atoms with E-state index in [0.717, 1.165) is 41.6 Å². The second-order valence-corrected chi connectivity index (χ2v) is 8.45. The van der Waals surface area contributed by atoms with Gasteiger partial charge < -0.3 is 22.1 Å². The zero-order valence-electron chi connectivity index (χ0n) is 16.8. The second kappa shape index (κ2) is 8.66. The molecule has 2 heterocycles. The van der Waals surface area contributed by atoms with E-state index in [0.29, 0.717) is 11.3 Å². The number of nitrogens with zero attached hydrogens (tertiary/aromatic N) is 3. The molecule has 6 N–H and O–H groups in total. The van der Waals surface area contributed by atoms with Gasteiger partial charge in [0.2, 0.25) is 5.82 Å². The van der Waals surface area contributed by atoms with Crippen LogP contribution in [0.5, 0.6) is 0 Å². The number of aryl methyl sites for hydroxylation is 1. The van der Waals surface area contributed by atoms with Crippen LogP contribution in [0.4, 0.5) is 10.8 Å². The predicted molar refractivity (Wildman–Crippen MR) is 122 cm³/mol. The number of carbonyl (C=O) groups is 1. The molecule has 1 aliphatic carbocycles. The van der Waals surface area contributed by atoms with Crippen LogP contribution in [0.1, 0.15) is 41.9 Å². The van der Waals surface area contributed by atoms with Crippen LogP contribution in [0.25, 0.3) is 10.9 Å². The highest BCUT2D eigenvalue weighted by Crippen LogP contribution is 2.28. The lowest BCUT2D eigenvalue weighted by Crippen LogP contribution is -2.38. The van der Waals surface area contributed by atoms with Crippen molar-refractivity contribution in [2.45, 2.75) is 44.7 Å². The van der Waals surface area contributed by atoms with E-state index in [1.807, 2.05) is 42.6 Å². The number of nitrogens with two attached hydrogens (primary N) is 2. The van der Waals surface area contributed by atoms with Crippen molar-refractivity contribution in [1.82, 2.24) is 9.97 Å². The summed E-state index contributed by atoms with van der Waals surface area (Å²) in [5.41, 5.74) is 13.1. The summed E-state index contributed by atoms with van der Waals surface area (Å²) >= 11 is 1.45. The van der Waals surface area contributed by atoms with Crippen LogP contribution in [0.15, 0.2) is 40.7 Å². The molecule has 0 bridgehead atoms. The molecule has 30 heavy (non-hydrogen) atoms. The number of rotatable bonds is 5. The molecule has 2 atom stereocenters. The molecule has 1 amide bonds. The minimum Gasteiger partial charge on any atom is -0.370 e. The molecule has 1 aromatic carbocycles. The third kappa shape index (κ3) is 4.51. The molecule has 0 radical (unpaired) electrons. The Hall–Kier alpha value is -3.20.